The molecule has 0 aliphatic heterocycles. The minimum atomic E-state index is -3.95. The van der Waals surface area contributed by atoms with E-state index in [1.807, 2.05) is 6.92 Å². The molecule has 0 fully saturated rings. The molecule has 0 radical (unpaired) electrons. The fraction of sp³-hybridized carbons (Fsp3) is 1.00. The van der Waals surface area contributed by atoms with Crippen molar-refractivity contribution in [1.82, 2.24) is 0 Å². The Kier molecular flexibility index (Phi) is 10.1. The normalized spacial score (nSPS) is 10.6. The average Bonchev–Trinajstić information content (AvgIpc) is 1.63. The summed E-state index contributed by atoms with van der Waals surface area (Å²) < 4.78 is 29.9. The smallest absolute Gasteiger partial charge is 0.748 e. The Balaban J connectivity index is 0. The Morgan fingerprint density at radius 2 is 1.80 bits per heavy atom. The Morgan fingerprint density at radius 1 is 1.30 bits per heavy atom. The zero-order valence-corrected chi connectivity index (χ0v) is 15.5. The molecule has 0 saturated carbocycles. The van der Waals surface area contributed by atoms with Gasteiger partial charge in [-0.25, -0.2) is 8.42 Å². The van der Waals surface area contributed by atoms with Gasteiger partial charge in [-0.2, -0.15) is 0 Å². The molecule has 0 rings (SSSR count). The van der Waals surface area contributed by atoms with Crippen LogP contribution in [0.3, 0.4) is 0 Å². The first-order valence-electron chi connectivity index (χ1n) is 3.00. The van der Waals surface area contributed by atoms with Crippen LogP contribution in [-0.4, -0.2) is 18.7 Å². The van der Waals surface area contributed by atoms with E-state index >= 15 is 0 Å². The Labute approximate surface area is 103 Å². The Bertz CT molecular complexity index is 152. The molecule has 0 aliphatic rings. The van der Waals surface area contributed by atoms with E-state index in [2.05, 4.69) is 0 Å². The number of hydrogen-bond donors (Lipinski definition) is 0. The topological polar surface area (TPSA) is 57.2 Å². The molecule has 5 heteroatoms. The molecule has 0 bridgehead atoms. The van der Waals surface area contributed by atoms with Crippen molar-refractivity contribution in [2.45, 2.75) is 26.2 Å². The van der Waals surface area contributed by atoms with Gasteiger partial charge in [-0.3, -0.25) is 0 Å². The molecule has 0 aromatic heterocycles. The van der Waals surface area contributed by atoms with Crippen LogP contribution in [0.2, 0.25) is 0 Å². The maximum atomic E-state index is 9.95. The standard InChI is InChI=1S/C5H12O3S.Fr/c1-2-3-4-5-9(6,7)8;/h2-5H2,1H3,(H,6,7,8);/q;+1/p-1. The van der Waals surface area contributed by atoms with Crippen LogP contribution in [0.5, 0.6) is 0 Å². The predicted octanol–water partition coefficient (Wildman–Crippen LogP) is 0.722. The third-order valence-electron chi connectivity index (χ3n) is 0.998. The summed E-state index contributed by atoms with van der Waals surface area (Å²) in [6.45, 7) is 1.96. The molecule has 0 spiro atoms. The quantitative estimate of drug-likeness (QED) is 0.539. The van der Waals surface area contributed by atoms with E-state index in [4.69, 9.17) is 0 Å². The van der Waals surface area contributed by atoms with Crippen molar-refractivity contribution in [2.24, 2.45) is 0 Å². The van der Waals surface area contributed by atoms with E-state index in [9.17, 15) is 13.0 Å². The predicted molar refractivity (Wildman–Crippen MR) is 34.1 cm³/mol. The van der Waals surface area contributed by atoms with Gasteiger partial charge in [0.05, 0.1) is 10.1 Å². The van der Waals surface area contributed by atoms with Crippen molar-refractivity contribution in [3.05, 3.63) is 0 Å². The molecular formula is C5H11FrO3S. The molecule has 0 aromatic rings. The minimum Gasteiger partial charge on any atom is -0.748 e. The number of rotatable bonds is 4. The first kappa shape index (κ1) is 14.1. The van der Waals surface area contributed by atoms with Gasteiger partial charge in [-0.15, -0.1) is 0 Å². The maximum absolute atomic E-state index is 9.95. The second-order valence-electron chi connectivity index (χ2n) is 1.97. The molecule has 0 amide bonds. The molecule has 0 heterocycles. The van der Waals surface area contributed by atoms with Crippen LogP contribution in [-0.2, 0) is 10.1 Å². The zero-order chi connectivity index (χ0) is 7.33. The monoisotopic (exact) mass is 374 g/mol. The van der Waals surface area contributed by atoms with Gasteiger partial charge >= 0.3 is 49.9 Å². The van der Waals surface area contributed by atoms with Crippen LogP contribution in [0.25, 0.3) is 0 Å². The van der Waals surface area contributed by atoms with Crippen molar-refractivity contribution in [1.29, 1.82) is 0 Å². The molecular weight excluding hydrogens is 363 g/mol. The second-order valence-corrected chi connectivity index (χ2v) is 3.49. The second kappa shape index (κ2) is 7.17. The molecule has 10 heavy (non-hydrogen) atoms. The number of hydrogen-bond acceptors (Lipinski definition) is 3. The zero-order valence-electron chi connectivity index (χ0n) is 6.46. The fourth-order valence-electron chi connectivity index (χ4n) is 0.529. The van der Waals surface area contributed by atoms with E-state index in [1.165, 1.54) is 0 Å². The summed E-state index contributed by atoms with van der Waals surface area (Å²) in [6.07, 6.45) is 2.26. The average molecular weight is 374 g/mol. The summed E-state index contributed by atoms with van der Waals surface area (Å²) in [6, 6.07) is 0. The van der Waals surface area contributed by atoms with Gasteiger partial charge in [0.15, 0.2) is 0 Å². The third kappa shape index (κ3) is 12.2. The van der Waals surface area contributed by atoms with E-state index in [0.29, 0.717) is 6.42 Å². The summed E-state index contributed by atoms with van der Waals surface area (Å²) >= 11 is 0. The van der Waals surface area contributed by atoms with Gasteiger partial charge in [0.25, 0.3) is 0 Å². The molecule has 0 unspecified atom stereocenters. The van der Waals surface area contributed by atoms with Crippen LogP contribution < -0.4 is 0 Å². The van der Waals surface area contributed by atoms with E-state index < -0.39 is 10.1 Å². The van der Waals surface area contributed by atoms with Crippen molar-refractivity contribution in [3.63, 3.8) is 0 Å². The third-order valence-corrected chi connectivity index (χ3v) is 1.79. The SMILES string of the molecule is CCCCCS(=O)(=O)[O-].[Fr+]. The molecule has 0 atom stereocenters. The fourth-order valence-corrected chi connectivity index (χ4v) is 1.09. The van der Waals surface area contributed by atoms with Crippen molar-refractivity contribution < 1.29 is 62.8 Å². The summed E-state index contributed by atoms with van der Waals surface area (Å²) in [4.78, 5) is 0. The first-order chi connectivity index (χ1) is 4.06. The first-order valence-corrected chi connectivity index (χ1v) is 4.57. The molecule has 0 aliphatic carbocycles. The Morgan fingerprint density at radius 3 is 2.10 bits per heavy atom. The Hall–Kier alpha value is 1.51. The van der Waals surface area contributed by atoms with Gasteiger partial charge in [-0.05, 0) is 6.42 Å². The van der Waals surface area contributed by atoms with Crippen molar-refractivity contribution in [2.75, 3.05) is 5.75 Å². The van der Waals surface area contributed by atoms with Gasteiger partial charge < -0.3 is 4.55 Å². The molecule has 0 saturated heterocycles. The summed E-state index contributed by atoms with van der Waals surface area (Å²) in [7, 11) is -3.95. The van der Waals surface area contributed by atoms with Gasteiger partial charge in [0.2, 0.25) is 0 Å². The number of unbranched alkanes of at least 4 members (excludes halogenated alkanes) is 2. The summed E-state index contributed by atoms with van der Waals surface area (Å²) in [5.74, 6) is -0.208. The maximum Gasteiger partial charge on any atom is 1.00 e. The van der Waals surface area contributed by atoms with Crippen LogP contribution >= 0.6 is 0 Å². The van der Waals surface area contributed by atoms with E-state index in [1.54, 1.807) is 0 Å². The van der Waals surface area contributed by atoms with Crippen molar-refractivity contribution in [3.8, 4) is 0 Å². The molecule has 0 N–H and O–H groups in total. The van der Waals surface area contributed by atoms with Gasteiger partial charge in [-0.1, -0.05) is 19.8 Å². The van der Waals surface area contributed by atoms with Crippen LogP contribution in [0.4, 0.5) is 0 Å². The van der Waals surface area contributed by atoms with Gasteiger partial charge in [0, 0.05) is 5.75 Å². The molecule has 56 valence electrons. The summed E-state index contributed by atoms with van der Waals surface area (Å²) in [5.41, 5.74) is 0. The van der Waals surface area contributed by atoms with Crippen molar-refractivity contribution >= 4 is 10.1 Å². The van der Waals surface area contributed by atoms with Crippen LogP contribution in [0.15, 0.2) is 0 Å². The van der Waals surface area contributed by atoms with Crippen LogP contribution in [0, 0.1) is 49.9 Å². The van der Waals surface area contributed by atoms with E-state index in [-0.39, 0.29) is 55.6 Å². The molecule has 3 nitrogen and oxygen atoms in total. The van der Waals surface area contributed by atoms with E-state index in [0.717, 1.165) is 12.8 Å². The largest absolute Gasteiger partial charge is 1.00 e. The summed E-state index contributed by atoms with van der Waals surface area (Å²) in [5, 5.41) is 0. The van der Waals surface area contributed by atoms with Gasteiger partial charge in [0.1, 0.15) is 0 Å². The van der Waals surface area contributed by atoms with Crippen LogP contribution in [0.1, 0.15) is 26.2 Å². The minimum absolute atomic E-state index is 0. The molecule has 0 aromatic carbocycles.